The summed E-state index contributed by atoms with van der Waals surface area (Å²) < 4.78 is 27.2. The molecular weight excluding hydrogens is 358 g/mol. The first-order valence-corrected chi connectivity index (χ1v) is 9.57. The van der Waals surface area contributed by atoms with Crippen LogP contribution in [-0.2, 0) is 10.0 Å². The van der Waals surface area contributed by atoms with Crippen LogP contribution in [0.3, 0.4) is 0 Å². The monoisotopic (exact) mass is 373 g/mol. The molecule has 3 rings (SSSR count). The number of nitrogens with one attached hydrogen (secondary N) is 2. The van der Waals surface area contributed by atoms with Crippen LogP contribution in [0.4, 0.5) is 16.6 Å². The highest BCUT2D eigenvalue weighted by Crippen LogP contribution is 2.17. The van der Waals surface area contributed by atoms with Gasteiger partial charge in [-0.3, -0.25) is 10.1 Å². The third-order valence-electron chi connectivity index (χ3n) is 3.09. The summed E-state index contributed by atoms with van der Waals surface area (Å²) in [7, 11) is -3.62. The molecular formula is C16H15N5O2S2. The Hall–Kier alpha value is -2.91. The van der Waals surface area contributed by atoms with E-state index >= 15 is 0 Å². The number of nitrogens with two attached hydrogens (primary N) is 1. The molecule has 0 unspecified atom stereocenters. The predicted molar refractivity (Wildman–Crippen MR) is 101 cm³/mol. The van der Waals surface area contributed by atoms with Gasteiger partial charge in [0.25, 0.3) is 10.0 Å². The van der Waals surface area contributed by atoms with Crippen LogP contribution in [0.1, 0.15) is 5.56 Å². The van der Waals surface area contributed by atoms with Crippen LogP contribution in [0, 0.1) is 0 Å². The van der Waals surface area contributed by atoms with E-state index in [1.54, 1.807) is 48.0 Å². The molecule has 0 atom stereocenters. The highest BCUT2D eigenvalue weighted by Gasteiger charge is 2.13. The molecule has 0 aliphatic heterocycles. The second-order valence-corrected chi connectivity index (χ2v) is 7.53. The Labute approximate surface area is 149 Å². The van der Waals surface area contributed by atoms with E-state index in [9.17, 15) is 8.42 Å². The Morgan fingerprint density at radius 2 is 1.92 bits per heavy atom. The largest absolute Gasteiger partial charge is 0.383 e. The van der Waals surface area contributed by atoms with Gasteiger partial charge in [0.1, 0.15) is 5.82 Å². The fourth-order valence-electron chi connectivity index (χ4n) is 2.00. The number of benzene rings is 2. The van der Waals surface area contributed by atoms with Crippen LogP contribution >= 0.6 is 11.3 Å². The number of nitrogens with zero attached hydrogens (tertiary/aromatic N) is 2. The Morgan fingerprint density at radius 1 is 1.12 bits per heavy atom. The number of nitrogen functional groups attached to an aromatic ring is 1. The van der Waals surface area contributed by atoms with Crippen molar-refractivity contribution in [2.24, 2.45) is 5.10 Å². The van der Waals surface area contributed by atoms with Crippen molar-refractivity contribution in [3.63, 3.8) is 0 Å². The molecule has 1 heterocycles. The molecule has 0 bridgehead atoms. The van der Waals surface area contributed by atoms with Gasteiger partial charge in [0.2, 0.25) is 5.13 Å². The molecule has 9 heteroatoms. The smallest absolute Gasteiger partial charge is 0.261 e. The zero-order valence-corrected chi connectivity index (χ0v) is 14.6. The molecule has 128 valence electrons. The number of aromatic nitrogens is 1. The first-order valence-electron chi connectivity index (χ1n) is 7.21. The number of anilines is 3. The molecule has 7 nitrogen and oxygen atoms in total. The minimum Gasteiger partial charge on any atom is -0.383 e. The average molecular weight is 373 g/mol. The molecule has 0 fully saturated rings. The lowest BCUT2D eigenvalue weighted by Crippen LogP contribution is -2.12. The van der Waals surface area contributed by atoms with Crippen LogP contribution in [0.2, 0.25) is 0 Å². The van der Waals surface area contributed by atoms with Crippen molar-refractivity contribution < 1.29 is 8.42 Å². The van der Waals surface area contributed by atoms with Gasteiger partial charge < -0.3 is 5.73 Å². The Kier molecular flexibility index (Phi) is 4.96. The molecule has 0 spiro atoms. The van der Waals surface area contributed by atoms with Crippen LogP contribution in [-0.4, -0.2) is 19.6 Å². The summed E-state index contributed by atoms with van der Waals surface area (Å²) in [4.78, 5) is 4.23. The third-order valence-corrected chi connectivity index (χ3v) is 5.25. The minimum absolute atomic E-state index is 0.206. The van der Waals surface area contributed by atoms with E-state index in [0.29, 0.717) is 16.6 Å². The highest BCUT2D eigenvalue weighted by molar-refractivity contribution is 7.92. The predicted octanol–water partition coefficient (Wildman–Crippen LogP) is 2.97. The van der Waals surface area contributed by atoms with E-state index in [4.69, 9.17) is 5.73 Å². The first-order chi connectivity index (χ1) is 12.0. The van der Waals surface area contributed by atoms with E-state index in [1.165, 1.54) is 23.5 Å². The van der Waals surface area contributed by atoms with Gasteiger partial charge in [-0.1, -0.05) is 30.3 Å². The molecule has 1 aromatic heterocycles. The maximum Gasteiger partial charge on any atom is 0.261 e. The summed E-state index contributed by atoms with van der Waals surface area (Å²) in [6.07, 6.45) is 1.57. The Balaban J connectivity index is 1.71. The van der Waals surface area contributed by atoms with E-state index < -0.39 is 10.0 Å². The lowest BCUT2D eigenvalue weighted by Gasteiger charge is -2.08. The second kappa shape index (κ2) is 7.32. The number of rotatable bonds is 6. The Bertz CT molecular complexity index is 985. The highest BCUT2D eigenvalue weighted by atomic mass is 32.2. The van der Waals surface area contributed by atoms with Gasteiger partial charge in [-0.25, -0.2) is 13.4 Å². The van der Waals surface area contributed by atoms with Gasteiger partial charge in [0, 0.05) is 11.1 Å². The lowest BCUT2D eigenvalue weighted by molar-refractivity contribution is 0.601. The molecule has 4 N–H and O–H groups in total. The topological polar surface area (TPSA) is 109 Å². The molecule has 2 aromatic carbocycles. The molecule has 0 aliphatic carbocycles. The number of thiazole rings is 1. The molecule has 0 amide bonds. The van der Waals surface area contributed by atoms with Crippen molar-refractivity contribution in [1.82, 2.24) is 4.98 Å². The van der Waals surface area contributed by atoms with Crippen LogP contribution in [0.5, 0.6) is 0 Å². The fraction of sp³-hybridized carbons (Fsp3) is 0. The van der Waals surface area contributed by atoms with E-state index in [1.807, 2.05) is 6.07 Å². The van der Waals surface area contributed by atoms with Crippen LogP contribution in [0.25, 0.3) is 0 Å². The van der Waals surface area contributed by atoms with Gasteiger partial charge in [0.15, 0.2) is 0 Å². The number of hydrogen-bond donors (Lipinski definition) is 3. The van der Waals surface area contributed by atoms with Gasteiger partial charge in [-0.15, -0.1) is 11.3 Å². The van der Waals surface area contributed by atoms with Crippen molar-refractivity contribution in [2.45, 2.75) is 4.90 Å². The third kappa shape index (κ3) is 4.55. The molecule has 0 radical (unpaired) electrons. The molecule has 3 aromatic rings. The average Bonchev–Trinajstić information content (AvgIpc) is 3.01. The van der Waals surface area contributed by atoms with Gasteiger partial charge in [-0.2, -0.15) is 5.10 Å². The number of hydrazone groups is 1. The zero-order chi connectivity index (χ0) is 17.7. The zero-order valence-electron chi connectivity index (χ0n) is 13.0. The summed E-state index contributed by atoms with van der Waals surface area (Å²) in [5.41, 5.74) is 9.47. The van der Waals surface area contributed by atoms with Gasteiger partial charge in [0.05, 0.1) is 11.1 Å². The van der Waals surface area contributed by atoms with Crippen LogP contribution < -0.4 is 15.9 Å². The SMILES string of the molecule is Nc1csc(NN=Cc2cccc(NS(=O)(=O)c3ccccc3)c2)n1. The molecule has 0 saturated heterocycles. The molecule has 0 saturated carbocycles. The quantitative estimate of drug-likeness (QED) is 0.454. The second-order valence-electron chi connectivity index (χ2n) is 4.99. The summed E-state index contributed by atoms with van der Waals surface area (Å²) in [5.74, 6) is 0.431. The maximum atomic E-state index is 12.3. The van der Waals surface area contributed by atoms with Crippen molar-refractivity contribution in [3.8, 4) is 0 Å². The van der Waals surface area contributed by atoms with E-state index in [-0.39, 0.29) is 4.90 Å². The molecule has 25 heavy (non-hydrogen) atoms. The van der Waals surface area contributed by atoms with E-state index in [2.05, 4.69) is 20.2 Å². The minimum atomic E-state index is -3.62. The standard InChI is InChI=1S/C16H15N5O2S2/c17-15-11-24-16(19-15)20-18-10-12-5-4-6-13(9-12)21-25(22,23)14-7-2-1-3-8-14/h1-11,21H,17H2,(H,19,20). The maximum absolute atomic E-state index is 12.3. The van der Waals surface area contributed by atoms with Crippen molar-refractivity contribution in [3.05, 3.63) is 65.5 Å². The number of sulfonamides is 1. The van der Waals surface area contributed by atoms with Crippen molar-refractivity contribution in [2.75, 3.05) is 15.9 Å². The summed E-state index contributed by atoms with van der Waals surface area (Å²) in [5, 5.41) is 6.34. The summed E-state index contributed by atoms with van der Waals surface area (Å²) >= 11 is 1.34. The Morgan fingerprint density at radius 3 is 2.64 bits per heavy atom. The lowest BCUT2D eigenvalue weighted by atomic mass is 10.2. The summed E-state index contributed by atoms with van der Waals surface area (Å²) in [6.45, 7) is 0. The van der Waals surface area contributed by atoms with Gasteiger partial charge >= 0.3 is 0 Å². The van der Waals surface area contributed by atoms with Gasteiger partial charge in [-0.05, 0) is 29.8 Å². The summed E-state index contributed by atoms with van der Waals surface area (Å²) in [6, 6.07) is 15.1. The van der Waals surface area contributed by atoms with Crippen molar-refractivity contribution in [1.29, 1.82) is 0 Å². The van der Waals surface area contributed by atoms with Crippen molar-refractivity contribution >= 4 is 44.2 Å². The van der Waals surface area contributed by atoms with Crippen LogP contribution in [0.15, 0.2) is 70.0 Å². The van der Waals surface area contributed by atoms with E-state index in [0.717, 1.165) is 5.56 Å². The normalized spacial score (nSPS) is 11.5. The number of hydrogen-bond acceptors (Lipinski definition) is 7. The molecule has 0 aliphatic rings. The fourth-order valence-corrected chi connectivity index (χ4v) is 3.61. The first kappa shape index (κ1) is 16.9.